The Hall–Kier alpha value is -4.55. The predicted octanol–water partition coefficient (Wildman–Crippen LogP) is 5.84. The molecule has 0 atom stereocenters. The van der Waals surface area contributed by atoms with E-state index in [0.717, 1.165) is 10.4 Å². The van der Waals surface area contributed by atoms with Gasteiger partial charge in [-0.3, -0.25) is 14.5 Å². The molecule has 1 amide bonds. The highest BCUT2D eigenvalue weighted by molar-refractivity contribution is 6.99. The summed E-state index contributed by atoms with van der Waals surface area (Å²) < 4.78 is 7.15. The molecule has 0 N–H and O–H groups in total. The van der Waals surface area contributed by atoms with E-state index in [0.29, 0.717) is 16.9 Å². The lowest BCUT2D eigenvalue weighted by Crippen LogP contribution is -2.66. The van der Waals surface area contributed by atoms with Crippen molar-refractivity contribution in [2.75, 3.05) is 6.54 Å². The maximum atomic E-state index is 13.8. The van der Waals surface area contributed by atoms with Crippen LogP contribution >= 0.6 is 0 Å². The Morgan fingerprint density at radius 3 is 1.62 bits per heavy atom. The van der Waals surface area contributed by atoms with Crippen molar-refractivity contribution >= 4 is 36.2 Å². The summed E-state index contributed by atoms with van der Waals surface area (Å²) in [5.74, 6) is 0.00366. The van der Waals surface area contributed by atoms with Crippen molar-refractivity contribution in [1.82, 2.24) is 4.90 Å². The minimum Gasteiger partial charge on any atom is -0.535 e. The summed E-state index contributed by atoms with van der Waals surface area (Å²) in [5, 5.41) is 1.96. The zero-order valence-corrected chi connectivity index (χ0v) is 24.0. The molecule has 0 radical (unpaired) electrons. The highest BCUT2D eigenvalue weighted by Crippen LogP contribution is 2.38. The molecule has 0 unspecified atom stereocenters. The Kier molecular flexibility index (Phi) is 7.62. The summed E-state index contributed by atoms with van der Waals surface area (Å²) in [4.78, 5) is 33.4. The fourth-order valence-electron chi connectivity index (χ4n) is 5.18. The highest BCUT2D eigenvalue weighted by Gasteiger charge is 2.52. The van der Waals surface area contributed by atoms with Gasteiger partial charge in [-0.15, -0.1) is 0 Å². The second-order valence-electron chi connectivity index (χ2n) is 10.8. The third kappa shape index (κ3) is 5.18. The van der Waals surface area contributed by atoms with Crippen LogP contribution in [0.3, 0.4) is 0 Å². The van der Waals surface area contributed by atoms with Crippen molar-refractivity contribution in [3.8, 4) is 0 Å². The second kappa shape index (κ2) is 11.3. The molecule has 1 aliphatic heterocycles. The fourth-order valence-corrected chi connectivity index (χ4v) is 9.62. The zero-order chi connectivity index (χ0) is 28.2. The van der Waals surface area contributed by atoms with E-state index < -0.39 is 8.32 Å². The SMILES string of the molecule is CC(C)(C)[Si](OC1=CN=C(C(=O)c2ccccc2)N(C(=O)c2ccccc2)C1)(c1ccccc1)c1ccccc1. The lowest BCUT2D eigenvalue weighted by molar-refractivity contribution is 0.0825. The molecule has 40 heavy (non-hydrogen) atoms. The summed E-state index contributed by atoms with van der Waals surface area (Å²) >= 11 is 0. The normalized spacial score (nSPS) is 13.7. The van der Waals surface area contributed by atoms with Gasteiger partial charge in [-0.25, -0.2) is 4.99 Å². The van der Waals surface area contributed by atoms with E-state index in [2.05, 4.69) is 50.0 Å². The van der Waals surface area contributed by atoms with Crippen LogP contribution < -0.4 is 10.4 Å². The molecule has 0 aromatic heterocycles. The number of amides is 1. The molecule has 0 aliphatic carbocycles. The Bertz CT molecular complexity index is 1510. The summed E-state index contributed by atoms with van der Waals surface area (Å²) in [6.45, 7) is 6.69. The first-order valence-electron chi connectivity index (χ1n) is 13.3. The molecule has 0 bridgehead atoms. The van der Waals surface area contributed by atoms with Gasteiger partial charge in [-0.05, 0) is 27.5 Å². The maximum Gasteiger partial charge on any atom is 0.319 e. The van der Waals surface area contributed by atoms with Crippen molar-refractivity contribution in [2.24, 2.45) is 4.99 Å². The van der Waals surface area contributed by atoms with Crippen LogP contribution in [0.4, 0.5) is 0 Å². The summed E-state index contributed by atoms with van der Waals surface area (Å²) in [5.41, 5.74) is 0.944. The molecule has 0 saturated carbocycles. The van der Waals surface area contributed by atoms with Crippen LogP contribution in [0, 0.1) is 0 Å². The Balaban J connectivity index is 1.62. The number of hydrogen-bond acceptors (Lipinski definition) is 4. The van der Waals surface area contributed by atoms with Crippen LogP contribution in [-0.4, -0.2) is 37.3 Å². The predicted molar refractivity (Wildman–Crippen MR) is 162 cm³/mol. The van der Waals surface area contributed by atoms with Crippen LogP contribution in [0.25, 0.3) is 0 Å². The second-order valence-corrected chi connectivity index (χ2v) is 15.0. The third-order valence-corrected chi connectivity index (χ3v) is 12.1. The van der Waals surface area contributed by atoms with Crippen molar-refractivity contribution < 1.29 is 14.0 Å². The van der Waals surface area contributed by atoms with Gasteiger partial charge in [-0.2, -0.15) is 0 Å². The molecule has 200 valence electrons. The van der Waals surface area contributed by atoms with Crippen molar-refractivity contribution in [2.45, 2.75) is 25.8 Å². The van der Waals surface area contributed by atoms with E-state index in [-0.39, 0.29) is 29.1 Å². The average Bonchev–Trinajstić information content (AvgIpc) is 3.00. The minimum absolute atomic E-state index is 0.0786. The van der Waals surface area contributed by atoms with Gasteiger partial charge in [0, 0.05) is 11.1 Å². The van der Waals surface area contributed by atoms with Gasteiger partial charge < -0.3 is 4.43 Å². The Morgan fingerprint density at radius 2 is 1.15 bits per heavy atom. The van der Waals surface area contributed by atoms with Gasteiger partial charge in [0.2, 0.25) is 5.78 Å². The molecule has 4 aromatic rings. The van der Waals surface area contributed by atoms with Crippen LogP contribution in [0.1, 0.15) is 41.5 Å². The first kappa shape index (κ1) is 27.0. The summed E-state index contributed by atoms with van der Waals surface area (Å²) in [6.07, 6.45) is 1.62. The third-order valence-electron chi connectivity index (χ3n) is 7.11. The Labute approximate surface area is 236 Å². The number of Topliss-reactive ketones (excluding diaryl/α,β-unsaturated/α-hetero) is 1. The minimum atomic E-state index is -2.95. The smallest absolute Gasteiger partial charge is 0.319 e. The van der Waals surface area contributed by atoms with E-state index in [1.165, 1.54) is 4.90 Å². The average molecular weight is 545 g/mol. The molecule has 0 spiro atoms. The van der Waals surface area contributed by atoms with Crippen LogP contribution in [0.2, 0.25) is 5.04 Å². The standard InChI is InChI=1S/C34H32N2O3Si/c1-34(2,3)40(29-20-12-6-13-21-29,30-22-14-7-15-23-30)39-28-24-35-32(31(37)26-16-8-4-9-17-26)36(25-28)33(38)27-18-10-5-11-19-27/h4-24H,25H2,1-3H3. The lowest BCUT2D eigenvalue weighted by Gasteiger charge is -2.44. The first-order valence-corrected chi connectivity index (χ1v) is 15.3. The molecule has 4 aromatic carbocycles. The van der Waals surface area contributed by atoms with E-state index >= 15 is 0 Å². The number of rotatable bonds is 7. The number of aliphatic imine (C=N–C) groups is 1. The zero-order valence-electron chi connectivity index (χ0n) is 23.0. The largest absolute Gasteiger partial charge is 0.535 e. The number of amidine groups is 1. The van der Waals surface area contributed by atoms with Gasteiger partial charge >= 0.3 is 8.32 Å². The number of hydrogen-bond donors (Lipinski definition) is 0. The fraction of sp³-hybridized carbons (Fsp3) is 0.147. The van der Waals surface area contributed by atoms with Gasteiger partial charge in [0.05, 0.1) is 12.7 Å². The number of carbonyl (C=O) groups is 2. The molecule has 5 nitrogen and oxygen atoms in total. The number of benzene rings is 4. The van der Waals surface area contributed by atoms with Crippen molar-refractivity contribution in [1.29, 1.82) is 0 Å². The molecule has 0 saturated heterocycles. The van der Waals surface area contributed by atoms with E-state index in [4.69, 9.17) is 4.43 Å². The number of nitrogens with zero attached hydrogens (tertiary/aromatic N) is 2. The highest BCUT2D eigenvalue weighted by atomic mass is 28.4. The topological polar surface area (TPSA) is 59.0 Å². The van der Waals surface area contributed by atoms with Crippen molar-refractivity contribution in [3.63, 3.8) is 0 Å². The number of carbonyl (C=O) groups excluding carboxylic acids is 2. The molecule has 6 heteroatoms. The van der Waals surface area contributed by atoms with E-state index in [9.17, 15) is 9.59 Å². The molecular weight excluding hydrogens is 512 g/mol. The number of ketones is 1. The van der Waals surface area contributed by atoms with Crippen molar-refractivity contribution in [3.05, 3.63) is 144 Å². The maximum absolute atomic E-state index is 13.8. The summed E-state index contributed by atoms with van der Waals surface area (Å²) in [7, 11) is -2.95. The first-order chi connectivity index (χ1) is 19.3. The van der Waals surface area contributed by atoms with Gasteiger partial charge in [0.15, 0.2) is 5.84 Å². The van der Waals surface area contributed by atoms with Gasteiger partial charge in [0.25, 0.3) is 5.91 Å². The van der Waals surface area contributed by atoms with Crippen LogP contribution in [-0.2, 0) is 4.43 Å². The molecule has 1 heterocycles. The van der Waals surface area contributed by atoms with E-state index in [1.807, 2.05) is 60.7 Å². The quantitative estimate of drug-likeness (QED) is 0.217. The molecule has 0 fully saturated rings. The molecular formula is C34H32N2O3Si. The van der Waals surface area contributed by atoms with Crippen LogP contribution in [0.5, 0.6) is 0 Å². The summed E-state index contributed by atoms with van der Waals surface area (Å²) in [6, 6.07) is 38.5. The van der Waals surface area contributed by atoms with Crippen LogP contribution in [0.15, 0.2) is 138 Å². The van der Waals surface area contributed by atoms with Gasteiger partial charge in [0.1, 0.15) is 5.76 Å². The lowest BCUT2D eigenvalue weighted by atomic mass is 10.1. The van der Waals surface area contributed by atoms with Gasteiger partial charge in [-0.1, -0.05) is 130 Å². The van der Waals surface area contributed by atoms with E-state index in [1.54, 1.807) is 42.6 Å². The Morgan fingerprint density at radius 1 is 0.700 bits per heavy atom. The monoisotopic (exact) mass is 544 g/mol. The molecule has 5 rings (SSSR count). The molecule has 1 aliphatic rings.